The van der Waals surface area contributed by atoms with Crippen molar-refractivity contribution in [2.75, 3.05) is 23.4 Å². The number of aromatic carboxylic acids is 1. The summed E-state index contributed by atoms with van der Waals surface area (Å²) >= 11 is 5.78. The van der Waals surface area contributed by atoms with Gasteiger partial charge in [-0.3, -0.25) is 14.5 Å². The van der Waals surface area contributed by atoms with Crippen molar-refractivity contribution < 1.29 is 53.8 Å². The molecule has 32 heavy (non-hydrogen) atoms. The van der Waals surface area contributed by atoms with Crippen LogP contribution in [0.2, 0.25) is 5.02 Å². The number of hydrogen-bond donors (Lipinski definition) is 1. The van der Waals surface area contributed by atoms with E-state index in [4.69, 9.17) is 16.3 Å². The van der Waals surface area contributed by atoms with E-state index in [1.807, 2.05) is 36.4 Å². The maximum atomic E-state index is 12.8. The second-order valence-corrected chi connectivity index (χ2v) is 6.86. The fraction of sp³-hybridized carbons (Fsp3) is 0.0870. The van der Waals surface area contributed by atoms with Crippen LogP contribution in [0.4, 0.5) is 17.1 Å². The van der Waals surface area contributed by atoms with Gasteiger partial charge in [-0.1, -0.05) is 48.0 Å². The average Bonchev–Trinajstić information content (AvgIpc) is 2.76. The first-order valence-corrected chi connectivity index (χ1v) is 9.65. The molecule has 0 fully saturated rings. The maximum Gasteiger partial charge on any atom is 1.00 e. The van der Waals surface area contributed by atoms with Gasteiger partial charge in [-0.15, -0.1) is 0 Å². The van der Waals surface area contributed by atoms with Crippen molar-refractivity contribution in [1.29, 1.82) is 0 Å². The minimum absolute atomic E-state index is 0. The number of anilines is 3. The van der Waals surface area contributed by atoms with Crippen LogP contribution in [-0.2, 0) is 14.3 Å². The first-order chi connectivity index (χ1) is 15.0. The van der Waals surface area contributed by atoms with E-state index >= 15 is 0 Å². The van der Waals surface area contributed by atoms with E-state index < -0.39 is 18.5 Å². The molecule has 2 amide bonds. The van der Waals surface area contributed by atoms with Gasteiger partial charge >= 0.3 is 29.6 Å². The molecule has 0 heterocycles. The van der Waals surface area contributed by atoms with Gasteiger partial charge in [-0.05, 0) is 42.5 Å². The third-order valence-corrected chi connectivity index (χ3v) is 4.45. The third-order valence-electron chi connectivity index (χ3n) is 4.21. The van der Waals surface area contributed by atoms with Crippen molar-refractivity contribution in [1.82, 2.24) is 0 Å². The Balaban J connectivity index is 0.00000363. The Labute approximate surface area is 212 Å². The number of carbonyl (C=O) groups excluding carboxylic acids is 3. The molecule has 7 nitrogen and oxygen atoms in total. The van der Waals surface area contributed by atoms with Crippen LogP contribution in [0.1, 0.15) is 10.4 Å². The Morgan fingerprint density at radius 2 is 1.44 bits per heavy atom. The van der Waals surface area contributed by atoms with Crippen LogP contribution < -0.4 is 44.9 Å². The topological polar surface area (TPSA) is 98.8 Å². The van der Waals surface area contributed by atoms with Gasteiger partial charge in [0.15, 0.2) is 0 Å². The summed E-state index contributed by atoms with van der Waals surface area (Å²) in [5.41, 5.74) is 1.09. The first kappa shape index (κ1) is 25.6. The molecular weight excluding hydrogens is 443 g/mol. The predicted octanol–water partition coefficient (Wildman–Crippen LogP) is 0.0275. The SMILES string of the molecule is O=C(COCC(=O)N(c1ccccc1)c1ccccc1)Nc1ccc(Cl)cc1C(=O)[O-].[Na+]. The zero-order valence-electron chi connectivity index (χ0n) is 17.3. The molecule has 0 unspecified atom stereocenters. The molecule has 0 aliphatic rings. The van der Waals surface area contributed by atoms with Crippen LogP contribution in [0.15, 0.2) is 78.9 Å². The molecule has 0 aliphatic carbocycles. The smallest absolute Gasteiger partial charge is 0.545 e. The number of hydrogen-bond acceptors (Lipinski definition) is 5. The number of ether oxygens (including phenoxy) is 1. The van der Waals surface area contributed by atoms with Crippen molar-refractivity contribution in [2.24, 2.45) is 0 Å². The standard InChI is InChI=1S/C23H19ClN2O5.Na/c24-16-11-12-20(19(13-16)23(29)30)25-21(27)14-31-15-22(28)26(17-7-3-1-4-8-17)18-9-5-2-6-10-18;/h1-13H,14-15H2,(H,25,27)(H,29,30);/q;+1/p-1. The Morgan fingerprint density at radius 1 is 0.875 bits per heavy atom. The minimum atomic E-state index is -1.48. The van der Waals surface area contributed by atoms with E-state index in [1.165, 1.54) is 23.1 Å². The van der Waals surface area contributed by atoms with Gasteiger partial charge in [0.1, 0.15) is 13.2 Å². The fourth-order valence-corrected chi connectivity index (χ4v) is 3.04. The quantitative estimate of drug-likeness (QED) is 0.478. The average molecular weight is 461 g/mol. The molecule has 0 aromatic heterocycles. The molecule has 3 aromatic rings. The first-order valence-electron chi connectivity index (χ1n) is 9.27. The number of amides is 2. The number of benzene rings is 3. The summed E-state index contributed by atoms with van der Waals surface area (Å²) in [6.07, 6.45) is 0. The van der Waals surface area contributed by atoms with Crippen molar-refractivity contribution in [3.05, 3.63) is 89.4 Å². The summed E-state index contributed by atoms with van der Waals surface area (Å²) in [7, 11) is 0. The van der Waals surface area contributed by atoms with Gasteiger partial charge in [0.05, 0.1) is 5.97 Å². The normalized spacial score (nSPS) is 10.0. The van der Waals surface area contributed by atoms with Gasteiger partial charge < -0.3 is 20.0 Å². The Morgan fingerprint density at radius 3 is 1.97 bits per heavy atom. The van der Waals surface area contributed by atoms with Crippen molar-refractivity contribution in [2.45, 2.75) is 0 Å². The van der Waals surface area contributed by atoms with Gasteiger partial charge in [0.25, 0.3) is 5.91 Å². The summed E-state index contributed by atoms with van der Waals surface area (Å²) in [5.74, 6) is -2.47. The van der Waals surface area contributed by atoms with Crippen LogP contribution in [0.5, 0.6) is 0 Å². The molecule has 0 saturated heterocycles. The molecule has 0 spiro atoms. The zero-order valence-corrected chi connectivity index (χ0v) is 20.0. The van der Waals surface area contributed by atoms with Gasteiger partial charge in [-0.2, -0.15) is 0 Å². The predicted molar refractivity (Wildman–Crippen MR) is 115 cm³/mol. The van der Waals surface area contributed by atoms with E-state index in [0.29, 0.717) is 11.4 Å². The summed E-state index contributed by atoms with van der Waals surface area (Å²) in [6.45, 7) is -0.802. The molecule has 3 aromatic carbocycles. The molecule has 0 atom stereocenters. The molecular formula is C23H18ClN2NaO5. The number of carbonyl (C=O) groups is 3. The number of para-hydroxylation sites is 2. The van der Waals surface area contributed by atoms with E-state index in [9.17, 15) is 19.5 Å². The van der Waals surface area contributed by atoms with Crippen LogP contribution in [0, 0.1) is 0 Å². The number of carboxylic acid groups (broad SMARTS) is 1. The van der Waals surface area contributed by atoms with E-state index in [-0.39, 0.29) is 58.3 Å². The van der Waals surface area contributed by atoms with Gasteiger partial charge in [0, 0.05) is 27.6 Å². The molecule has 1 N–H and O–H groups in total. The number of nitrogens with one attached hydrogen (secondary N) is 1. The zero-order chi connectivity index (χ0) is 22.2. The van der Waals surface area contributed by atoms with Gasteiger partial charge in [0.2, 0.25) is 5.91 Å². The van der Waals surface area contributed by atoms with Crippen molar-refractivity contribution >= 4 is 46.4 Å². The largest absolute Gasteiger partial charge is 1.00 e. The Kier molecular flexibility index (Phi) is 9.90. The van der Waals surface area contributed by atoms with Crippen LogP contribution in [0.3, 0.4) is 0 Å². The van der Waals surface area contributed by atoms with E-state index in [2.05, 4.69) is 5.32 Å². The number of carboxylic acids is 1. The summed E-state index contributed by atoms with van der Waals surface area (Å²) in [4.78, 5) is 37.7. The Hall–Kier alpha value is -2.68. The number of rotatable bonds is 8. The number of halogens is 1. The minimum Gasteiger partial charge on any atom is -0.545 e. The molecule has 9 heteroatoms. The second-order valence-electron chi connectivity index (χ2n) is 6.42. The monoisotopic (exact) mass is 460 g/mol. The fourth-order valence-electron chi connectivity index (χ4n) is 2.87. The summed E-state index contributed by atoms with van der Waals surface area (Å²) < 4.78 is 5.29. The molecule has 0 aliphatic heterocycles. The number of nitrogens with zero attached hydrogens (tertiary/aromatic N) is 1. The molecule has 0 saturated carbocycles. The summed E-state index contributed by atoms with van der Waals surface area (Å²) in [6, 6.07) is 22.1. The summed E-state index contributed by atoms with van der Waals surface area (Å²) in [5, 5.41) is 13.8. The Bertz CT molecular complexity index is 1040. The van der Waals surface area contributed by atoms with Crippen molar-refractivity contribution in [3.8, 4) is 0 Å². The van der Waals surface area contributed by atoms with Crippen LogP contribution in [0.25, 0.3) is 0 Å². The van der Waals surface area contributed by atoms with Crippen LogP contribution in [-0.4, -0.2) is 31.0 Å². The van der Waals surface area contributed by atoms with Gasteiger partial charge in [-0.25, -0.2) is 0 Å². The molecule has 0 bridgehead atoms. The third kappa shape index (κ3) is 6.91. The maximum absolute atomic E-state index is 12.8. The molecule has 158 valence electrons. The molecule has 3 rings (SSSR count). The van der Waals surface area contributed by atoms with E-state index in [1.54, 1.807) is 24.3 Å². The van der Waals surface area contributed by atoms with E-state index in [0.717, 1.165) is 0 Å². The second kappa shape index (κ2) is 12.4. The van der Waals surface area contributed by atoms with Crippen molar-refractivity contribution in [3.63, 3.8) is 0 Å². The van der Waals surface area contributed by atoms with Crippen LogP contribution >= 0.6 is 11.6 Å². The molecule has 0 radical (unpaired) electrons.